The van der Waals surface area contributed by atoms with Crippen molar-refractivity contribution in [3.63, 3.8) is 0 Å². The predicted octanol–water partition coefficient (Wildman–Crippen LogP) is 0.943. The molecule has 0 radical (unpaired) electrons. The van der Waals surface area contributed by atoms with Gasteiger partial charge in [-0.05, 0) is 78.0 Å². The standard InChI is InChI=1S/C33H41NO11/c1-18(37)43-30-29(39)28-15-34-17-33(41,45-28)31(30)44-32(40)23(11-20-4-8-26(38)27(13-20)42-2)14-25-22(16-36)7-6-21-5-3-19(9-10-35)12-24(21)25/h3-5,8,11-13,22,25,28-31,34-36,38-39,41H,6-7,9-10,14-17H2,1-2H3/b23-11+/t22-,25-,28-,29-,30+,31+,33+/m0/s1. The molecule has 244 valence electrons. The second kappa shape index (κ2) is 13.9. The summed E-state index contributed by atoms with van der Waals surface area (Å²) in [7, 11) is 1.40. The molecular formula is C33H41NO11. The van der Waals surface area contributed by atoms with Crippen LogP contribution in [0.5, 0.6) is 11.5 Å². The average molecular weight is 628 g/mol. The molecule has 6 N–H and O–H groups in total. The Balaban J connectivity index is 1.55. The second-order valence-electron chi connectivity index (χ2n) is 11.9. The van der Waals surface area contributed by atoms with Crippen molar-refractivity contribution in [3.8, 4) is 11.5 Å². The van der Waals surface area contributed by atoms with Crippen LogP contribution in [0.1, 0.15) is 47.9 Å². The number of methoxy groups -OCH3 is 1. The molecule has 7 atom stereocenters. The SMILES string of the molecule is COc1cc(/C=C(\C[C@@H]2c3cc(CCO)ccc3CC[C@H]2CO)C(=O)O[C@@H]2[C@H](OC(C)=O)[C@@H](O)[C@@H]3CNC[C@@]2(O)O3)ccc1O. The first-order valence-corrected chi connectivity index (χ1v) is 15.1. The van der Waals surface area contributed by atoms with E-state index < -0.39 is 42.1 Å². The molecular weight excluding hydrogens is 586 g/mol. The minimum atomic E-state index is -2.09. The first-order chi connectivity index (χ1) is 21.6. The minimum Gasteiger partial charge on any atom is -0.504 e. The van der Waals surface area contributed by atoms with Crippen LogP contribution < -0.4 is 10.1 Å². The number of aliphatic hydroxyl groups is 4. The number of hydrogen-bond donors (Lipinski definition) is 6. The Labute approximate surface area is 261 Å². The lowest BCUT2D eigenvalue weighted by Gasteiger charge is -2.51. The van der Waals surface area contributed by atoms with Crippen LogP contribution in [0, 0.1) is 5.92 Å². The van der Waals surface area contributed by atoms with Gasteiger partial charge in [-0.1, -0.05) is 24.3 Å². The fraction of sp³-hybridized carbons (Fsp3) is 0.515. The number of aryl methyl sites for hydroxylation is 1. The molecule has 12 nitrogen and oxygen atoms in total. The summed E-state index contributed by atoms with van der Waals surface area (Å²) in [5.41, 5.74) is 3.64. The zero-order valence-corrected chi connectivity index (χ0v) is 25.3. The zero-order valence-electron chi connectivity index (χ0n) is 25.3. The summed E-state index contributed by atoms with van der Waals surface area (Å²) in [4.78, 5) is 26.2. The maximum atomic E-state index is 14.2. The summed E-state index contributed by atoms with van der Waals surface area (Å²) in [6, 6.07) is 10.6. The van der Waals surface area contributed by atoms with E-state index in [4.69, 9.17) is 18.9 Å². The Morgan fingerprint density at radius 3 is 2.67 bits per heavy atom. The summed E-state index contributed by atoms with van der Waals surface area (Å²) < 4.78 is 22.2. The molecule has 0 aromatic heterocycles. The molecule has 2 bridgehead atoms. The quantitative estimate of drug-likeness (QED) is 0.162. The maximum absolute atomic E-state index is 14.2. The normalized spacial score (nSPS) is 29.4. The average Bonchev–Trinajstić information content (AvgIpc) is 3.02. The molecule has 2 aromatic carbocycles. The van der Waals surface area contributed by atoms with Crippen molar-refractivity contribution in [2.45, 2.75) is 68.7 Å². The Hall–Kier alpha value is -3.52. The number of phenols is 1. The molecule has 2 fully saturated rings. The number of hydrogen-bond acceptors (Lipinski definition) is 12. The van der Waals surface area contributed by atoms with E-state index in [2.05, 4.69) is 5.32 Å². The number of aliphatic hydroxyl groups excluding tert-OH is 3. The van der Waals surface area contributed by atoms with Gasteiger partial charge in [0, 0.05) is 32.3 Å². The van der Waals surface area contributed by atoms with Crippen LogP contribution in [0.3, 0.4) is 0 Å². The van der Waals surface area contributed by atoms with Crippen LogP contribution in [0.25, 0.3) is 6.08 Å². The highest BCUT2D eigenvalue weighted by Gasteiger charge is 2.59. The number of carbonyl (C=O) groups is 2. The number of carbonyl (C=O) groups excluding carboxylic acids is 2. The summed E-state index contributed by atoms with van der Waals surface area (Å²) in [5, 5.41) is 55.4. The van der Waals surface area contributed by atoms with Crippen molar-refractivity contribution in [1.82, 2.24) is 5.32 Å². The minimum absolute atomic E-state index is 0.0233. The molecule has 12 heteroatoms. The molecule has 2 saturated heterocycles. The number of phenolic OH excluding ortho intramolecular Hbond substituents is 1. The van der Waals surface area contributed by atoms with E-state index in [9.17, 15) is 35.1 Å². The third-order valence-corrected chi connectivity index (χ3v) is 8.92. The third-order valence-electron chi connectivity index (χ3n) is 8.92. The number of esters is 2. The van der Waals surface area contributed by atoms with Crippen molar-refractivity contribution >= 4 is 18.0 Å². The van der Waals surface area contributed by atoms with Crippen molar-refractivity contribution in [2.24, 2.45) is 5.92 Å². The van der Waals surface area contributed by atoms with Gasteiger partial charge in [-0.25, -0.2) is 4.79 Å². The Kier molecular flexibility index (Phi) is 10.1. The molecule has 3 aliphatic rings. The number of fused-ring (bicyclic) bond motifs is 3. The van der Waals surface area contributed by atoms with Crippen LogP contribution in [0.15, 0.2) is 42.0 Å². The number of aromatic hydroxyl groups is 1. The topological polar surface area (TPSA) is 184 Å². The largest absolute Gasteiger partial charge is 0.504 e. The molecule has 0 amide bonds. The monoisotopic (exact) mass is 627 g/mol. The van der Waals surface area contributed by atoms with Gasteiger partial charge in [-0.15, -0.1) is 0 Å². The van der Waals surface area contributed by atoms with Gasteiger partial charge >= 0.3 is 11.9 Å². The van der Waals surface area contributed by atoms with E-state index in [-0.39, 0.29) is 61.6 Å². The van der Waals surface area contributed by atoms with Gasteiger partial charge in [-0.3, -0.25) is 4.79 Å². The van der Waals surface area contributed by atoms with Gasteiger partial charge < -0.3 is 49.8 Å². The first-order valence-electron chi connectivity index (χ1n) is 15.1. The number of β-amino-alcohol motifs (C(OH)–C–C–N with tert-alkyl or cyclic N) is 1. The van der Waals surface area contributed by atoms with Gasteiger partial charge in [0.1, 0.15) is 12.2 Å². The Morgan fingerprint density at radius 2 is 1.96 bits per heavy atom. The van der Waals surface area contributed by atoms with Gasteiger partial charge in [0.2, 0.25) is 5.79 Å². The van der Waals surface area contributed by atoms with Crippen molar-refractivity contribution in [3.05, 3.63) is 64.2 Å². The molecule has 2 aromatic rings. The highest BCUT2D eigenvalue weighted by atomic mass is 16.7. The van der Waals surface area contributed by atoms with Gasteiger partial charge in [0.25, 0.3) is 0 Å². The zero-order chi connectivity index (χ0) is 32.3. The molecule has 45 heavy (non-hydrogen) atoms. The van der Waals surface area contributed by atoms with Gasteiger partial charge in [0.15, 0.2) is 23.7 Å². The molecule has 0 unspecified atom stereocenters. The number of nitrogens with one attached hydrogen (secondary N) is 1. The predicted molar refractivity (Wildman–Crippen MR) is 160 cm³/mol. The number of ether oxygens (including phenoxy) is 4. The summed E-state index contributed by atoms with van der Waals surface area (Å²) in [5.74, 6) is -4.07. The smallest absolute Gasteiger partial charge is 0.334 e. The third kappa shape index (κ3) is 7.01. The lowest BCUT2D eigenvalue weighted by atomic mass is 9.72. The molecule has 5 rings (SSSR count). The van der Waals surface area contributed by atoms with Crippen LogP contribution in [0.2, 0.25) is 0 Å². The van der Waals surface area contributed by atoms with E-state index in [1.165, 1.54) is 13.2 Å². The van der Waals surface area contributed by atoms with Crippen LogP contribution in [0.4, 0.5) is 0 Å². The number of rotatable bonds is 10. The number of morpholine rings is 1. The molecule has 0 saturated carbocycles. The molecule has 2 aliphatic heterocycles. The van der Waals surface area contributed by atoms with Crippen LogP contribution in [-0.2, 0) is 36.6 Å². The van der Waals surface area contributed by atoms with Crippen molar-refractivity contribution < 1.29 is 54.1 Å². The Bertz CT molecular complexity index is 1430. The highest BCUT2D eigenvalue weighted by molar-refractivity contribution is 5.94. The maximum Gasteiger partial charge on any atom is 0.334 e. The summed E-state index contributed by atoms with van der Waals surface area (Å²) >= 11 is 0. The summed E-state index contributed by atoms with van der Waals surface area (Å²) in [6.45, 7) is 1.06. The molecule has 2 heterocycles. The van der Waals surface area contributed by atoms with Crippen LogP contribution in [-0.4, -0.2) is 101 Å². The van der Waals surface area contributed by atoms with Crippen molar-refractivity contribution in [2.75, 3.05) is 33.4 Å². The highest BCUT2D eigenvalue weighted by Crippen LogP contribution is 2.42. The second-order valence-corrected chi connectivity index (χ2v) is 11.9. The van der Waals surface area contributed by atoms with Gasteiger partial charge in [-0.2, -0.15) is 0 Å². The fourth-order valence-electron chi connectivity index (χ4n) is 6.63. The van der Waals surface area contributed by atoms with Crippen LogP contribution >= 0.6 is 0 Å². The van der Waals surface area contributed by atoms with E-state index in [0.717, 1.165) is 30.0 Å². The van der Waals surface area contributed by atoms with E-state index >= 15 is 0 Å². The van der Waals surface area contributed by atoms with Gasteiger partial charge in [0.05, 0.1) is 13.7 Å². The number of benzene rings is 2. The van der Waals surface area contributed by atoms with Crippen molar-refractivity contribution in [1.29, 1.82) is 0 Å². The van der Waals surface area contributed by atoms with E-state index in [1.54, 1.807) is 18.2 Å². The molecule has 0 spiro atoms. The summed E-state index contributed by atoms with van der Waals surface area (Å²) in [6.07, 6.45) is -1.67. The van der Waals surface area contributed by atoms with E-state index in [0.29, 0.717) is 18.4 Å². The molecule has 1 aliphatic carbocycles. The Morgan fingerprint density at radius 1 is 1.16 bits per heavy atom. The lowest BCUT2D eigenvalue weighted by Crippen LogP contribution is -2.73. The lowest BCUT2D eigenvalue weighted by molar-refractivity contribution is -0.355. The van der Waals surface area contributed by atoms with E-state index in [1.807, 2.05) is 18.2 Å². The fourth-order valence-corrected chi connectivity index (χ4v) is 6.63. The first kappa shape index (κ1) is 32.9.